The SMILES string of the molecule is O=S(=O)([O-])C1CCC2C3NC4NC(NC5NC(NC6NC(NC(N3)C2C1S(=O)(=O)[O-])C1CCCCC61)C1CCCCC51)C1CCCCC41.[Cl][Rh+2]. The zero-order chi connectivity index (χ0) is 34.9. The maximum absolute atomic E-state index is 13.0. The van der Waals surface area contributed by atoms with Crippen molar-refractivity contribution in [3.63, 3.8) is 0 Å². The summed E-state index contributed by atoms with van der Waals surface area (Å²) in [6.45, 7) is 0. The van der Waals surface area contributed by atoms with Gasteiger partial charge >= 0.3 is 27.0 Å². The van der Waals surface area contributed by atoms with Gasteiger partial charge in [0.2, 0.25) is 0 Å². The molecule has 9 rings (SSSR count). The average Bonchev–Trinajstić information content (AvgIpc) is 3.83. The van der Waals surface area contributed by atoms with Gasteiger partial charge in [0.05, 0.1) is 80.1 Å². The first-order valence-corrected chi connectivity index (χ1v) is 24.2. The molecule has 14 nitrogen and oxygen atoms in total. The second-order valence-electron chi connectivity index (χ2n) is 16.8. The summed E-state index contributed by atoms with van der Waals surface area (Å²) in [6, 6.07) is 0. The Hall–Kier alpha value is 0.413. The van der Waals surface area contributed by atoms with Crippen LogP contribution in [-0.4, -0.2) is 85.8 Å². The first-order valence-electron chi connectivity index (χ1n) is 19.1. The molecule has 0 aromatic carbocycles. The fourth-order valence-corrected chi connectivity index (χ4v) is 15.7. The zero-order valence-electron chi connectivity index (χ0n) is 28.3. The molecular formula is C32H54ClN8O6RhS2. The molecule has 0 aromatic rings. The van der Waals surface area contributed by atoms with Crippen molar-refractivity contribution in [3.8, 4) is 0 Å². The summed E-state index contributed by atoms with van der Waals surface area (Å²) in [5.41, 5.74) is 0. The first kappa shape index (κ1) is 37.3. The Balaban J connectivity index is 0.00000177. The summed E-state index contributed by atoms with van der Waals surface area (Å²) in [6.07, 6.45) is 13.5. The fraction of sp³-hybridized carbons (Fsp3) is 1.00. The minimum absolute atomic E-state index is 0.0323. The predicted molar refractivity (Wildman–Crippen MR) is 181 cm³/mol. The molecule has 18 heteroatoms. The topological polar surface area (TPSA) is 211 Å². The van der Waals surface area contributed by atoms with Crippen molar-refractivity contribution in [2.75, 3.05) is 0 Å². The molecule has 8 N–H and O–H groups in total. The van der Waals surface area contributed by atoms with Crippen molar-refractivity contribution in [2.24, 2.45) is 47.3 Å². The third-order valence-electron chi connectivity index (χ3n) is 14.6. The summed E-state index contributed by atoms with van der Waals surface area (Å²) in [5.74, 6) is 1.42. The number of rotatable bonds is 2. The van der Waals surface area contributed by atoms with Crippen LogP contribution in [0.15, 0.2) is 0 Å². The molecule has 0 radical (unpaired) electrons. The van der Waals surface area contributed by atoms with Gasteiger partial charge in [0.15, 0.2) is 0 Å². The van der Waals surface area contributed by atoms with Crippen LogP contribution >= 0.6 is 9.69 Å². The van der Waals surface area contributed by atoms with Gasteiger partial charge in [0.25, 0.3) is 0 Å². The van der Waals surface area contributed by atoms with Gasteiger partial charge in [0, 0.05) is 5.92 Å². The van der Waals surface area contributed by atoms with E-state index in [-0.39, 0.29) is 55.5 Å². The summed E-state index contributed by atoms with van der Waals surface area (Å²) >= 11 is 2.02. The zero-order valence-corrected chi connectivity index (χ0v) is 32.3. The van der Waals surface area contributed by atoms with E-state index >= 15 is 0 Å². The summed E-state index contributed by atoms with van der Waals surface area (Å²) in [4.78, 5) is 0. The molecule has 5 heterocycles. The van der Waals surface area contributed by atoms with Crippen LogP contribution in [0, 0.1) is 47.3 Å². The fourth-order valence-electron chi connectivity index (χ4n) is 12.7. The van der Waals surface area contributed by atoms with E-state index in [4.69, 9.17) is 0 Å². The molecule has 50 heavy (non-hydrogen) atoms. The second kappa shape index (κ2) is 14.8. The molecule has 286 valence electrons. The summed E-state index contributed by atoms with van der Waals surface area (Å²) in [5, 5.41) is 27.7. The molecule has 18 unspecified atom stereocenters. The molecule has 9 aliphatic rings. The van der Waals surface area contributed by atoms with Crippen LogP contribution in [0.3, 0.4) is 0 Å². The Morgan fingerprint density at radius 2 is 0.680 bits per heavy atom. The molecule has 0 spiro atoms. The van der Waals surface area contributed by atoms with E-state index in [9.17, 15) is 25.9 Å². The van der Waals surface area contributed by atoms with E-state index in [1.54, 1.807) is 0 Å². The van der Waals surface area contributed by atoms with Gasteiger partial charge in [-0.15, -0.1) is 0 Å². The van der Waals surface area contributed by atoms with Crippen molar-refractivity contribution >= 4 is 29.9 Å². The van der Waals surface area contributed by atoms with E-state index < -0.39 is 42.8 Å². The minimum atomic E-state index is -5.12. The van der Waals surface area contributed by atoms with Gasteiger partial charge in [-0.25, -0.2) is 16.8 Å². The van der Waals surface area contributed by atoms with Crippen molar-refractivity contribution in [1.29, 1.82) is 0 Å². The van der Waals surface area contributed by atoms with E-state index in [1.165, 1.54) is 32.1 Å². The molecule has 4 aliphatic carbocycles. The van der Waals surface area contributed by atoms with Crippen LogP contribution in [0.25, 0.3) is 0 Å². The molecule has 4 saturated carbocycles. The molecule has 8 bridgehead atoms. The van der Waals surface area contributed by atoms with Crippen LogP contribution < -0.4 is 42.5 Å². The Morgan fingerprint density at radius 3 is 0.960 bits per heavy atom. The standard InChI is InChI=1S/C32H56N8O6S2.ClH.Rh/c41-47(42,43)22-14-13-21-23(24(22)48(44,45)46)32-39-30-20-12-6-5-11-19(20)28(37-30)35-26-16-8-2-1-7-15(16)25(33-26)34-27-17-9-3-4-10-18(17)29(36-27)38-31(21)40-32;;/h15-40H,1-14H2,(H,41,42,43)(H,44,45,46);1H;/q;;+3/p-3. The van der Waals surface area contributed by atoms with Crippen LogP contribution in [-0.2, 0) is 37.5 Å². The number of fused-ring (bicyclic) bond motifs is 20. The average molecular weight is 849 g/mol. The molecule has 9 fully saturated rings. The molecule has 5 aliphatic heterocycles. The molecule has 18 atom stereocenters. The summed E-state index contributed by atoms with van der Waals surface area (Å²) < 4.78 is 76.3. The summed E-state index contributed by atoms with van der Waals surface area (Å²) in [7, 11) is -5.60. The predicted octanol–water partition coefficient (Wildman–Crippen LogP) is 0.340. The monoisotopic (exact) mass is 848 g/mol. The van der Waals surface area contributed by atoms with Crippen LogP contribution in [0.2, 0.25) is 0 Å². The van der Waals surface area contributed by atoms with Gasteiger partial charge in [-0.2, -0.15) is 0 Å². The first-order chi connectivity index (χ1) is 24.0. The third-order valence-corrected chi connectivity index (χ3v) is 17.4. The second-order valence-corrected chi connectivity index (χ2v) is 19.9. The molecular weight excluding hydrogens is 795 g/mol. The third kappa shape index (κ3) is 6.81. The number of hydrogen-bond acceptors (Lipinski definition) is 14. The van der Waals surface area contributed by atoms with Crippen molar-refractivity contribution in [1.82, 2.24) is 42.5 Å². The molecule has 0 aromatic heterocycles. The van der Waals surface area contributed by atoms with Crippen molar-refractivity contribution in [3.05, 3.63) is 0 Å². The maximum atomic E-state index is 13.0. The van der Waals surface area contributed by atoms with E-state index in [0.29, 0.717) is 41.9 Å². The van der Waals surface area contributed by atoms with Gasteiger partial charge in [-0.1, -0.05) is 38.5 Å². The van der Waals surface area contributed by atoms with Crippen LogP contribution in [0.4, 0.5) is 0 Å². The molecule has 5 saturated heterocycles. The Bertz CT molecular complexity index is 1450. The normalized spacial score (nSPS) is 51.8. The van der Waals surface area contributed by atoms with E-state index in [1.807, 2.05) is 17.3 Å². The van der Waals surface area contributed by atoms with Gasteiger partial charge in [-0.3, -0.25) is 42.5 Å². The Labute approximate surface area is 311 Å². The number of hydrogen-bond donors (Lipinski definition) is 8. The number of nitrogens with one attached hydrogen (secondary N) is 8. The quantitative estimate of drug-likeness (QED) is 0.139. The van der Waals surface area contributed by atoms with E-state index in [2.05, 4.69) is 52.2 Å². The van der Waals surface area contributed by atoms with Crippen molar-refractivity contribution in [2.45, 2.75) is 150 Å². The Kier molecular flexibility index (Phi) is 11.1. The van der Waals surface area contributed by atoms with Crippen LogP contribution in [0.1, 0.15) is 89.9 Å². The van der Waals surface area contributed by atoms with E-state index in [0.717, 1.165) is 44.9 Å². The van der Waals surface area contributed by atoms with Gasteiger partial charge in [-0.05, 0) is 92.8 Å². The number of halogens is 1. The molecule has 0 amide bonds. The van der Waals surface area contributed by atoms with Gasteiger partial charge < -0.3 is 9.11 Å². The Morgan fingerprint density at radius 1 is 0.400 bits per heavy atom. The van der Waals surface area contributed by atoms with Gasteiger partial charge in [0.1, 0.15) is 0 Å². The van der Waals surface area contributed by atoms with Crippen LogP contribution in [0.5, 0.6) is 0 Å². The van der Waals surface area contributed by atoms with Crippen molar-refractivity contribution < 1.29 is 43.3 Å².